The molecule has 168 valence electrons. The number of aromatic nitrogens is 3. The first-order chi connectivity index (χ1) is 15.9. The monoisotopic (exact) mass is 440 g/mol. The van der Waals surface area contributed by atoms with Gasteiger partial charge in [0, 0.05) is 36.0 Å². The summed E-state index contributed by atoms with van der Waals surface area (Å²) in [5.74, 6) is 6.87. The number of amides is 1. The maximum absolute atomic E-state index is 13.2. The van der Waals surface area contributed by atoms with Gasteiger partial charge in [0.25, 0.3) is 5.91 Å². The number of pyridine rings is 1. The molecule has 7 nitrogen and oxygen atoms in total. The molecule has 0 unspecified atom stereocenters. The van der Waals surface area contributed by atoms with E-state index in [1.54, 1.807) is 12.3 Å². The summed E-state index contributed by atoms with van der Waals surface area (Å²) in [4.78, 5) is 27.9. The molecule has 7 heteroatoms. The summed E-state index contributed by atoms with van der Waals surface area (Å²) in [7, 11) is 1.90. The minimum absolute atomic E-state index is 0.0167. The SMILES string of the molecule is Cc1nc(N)nc(-c2cccc(C(=O)N(C)C3CCCCC3)c2)c1C#Cc1ccc(N)nc1. The van der Waals surface area contributed by atoms with Gasteiger partial charge in [0.15, 0.2) is 0 Å². The molecule has 1 fully saturated rings. The molecule has 0 saturated heterocycles. The molecule has 3 aromatic rings. The highest BCUT2D eigenvalue weighted by Crippen LogP contribution is 2.27. The van der Waals surface area contributed by atoms with Crippen LogP contribution in [0.4, 0.5) is 11.8 Å². The van der Waals surface area contributed by atoms with Crippen LogP contribution >= 0.6 is 0 Å². The lowest BCUT2D eigenvalue weighted by Gasteiger charge is -2.31. The molecule has 4 rings (SSSR count). The van der Waals surface area contributed by atoms with Gasteiger partial charge in [-0.15, -0.1) is 0 Å². The van der Waals surface area contributed by atoms with Crippen LogP contribution in [0.2, 0.25) is 0 Å². The van der Waals surface area contributed by atoms with Gasteiger partial charge in [0.2, 0.25) is 5.95 Å². The molecular formula is C26H28N6O. The van der Waals surface area contributed by atoms with Gasteiger partial charge in [0.05, 0.1) is 17.0 Å². The fourth-order valence-electron chi connectivity index (χ4n) is 4.20. The van der Waals surface area contributed by atoms with E-state index in [9.17, 15) is 4.79 Å². The molecule has 0 aliphatic heterocycles. The Balaban J connectivity index is 1.69. The van der Waals surface area contributed by atoms with E-state index < -0.39 is 0 Å². The predicted molar refractivity (Wildman–Crippen MR) is 130 cm³/mol. The Bertz CT molecular complexity index is 1220. The van der Waals surface area contributed by atoms with Crippen molar-refractivity contribution >= 4 is 17.7 Å². The molecule has 1 aromatic carbocycles. The summed E-state index contributed by atoms with van der Waals surface area (Å²) in [5.41, 5.74) is 15.7. The van der Waals surface area contributed by atoms with Gasteiger partial charge in [0.1, 0.15) is 5.82 Å². The third kappa shape index (κ3) is 5.12. The van der Waals surface area contributed by atoms with Gasteiger partial charge in [-0.3, -0.25) is 4.79 Å². The average Bonchev–Trinajstić information content (AvgIpc) is 2.84. The quantitative estimate of drug-likeness (QED) is 0.599. The van der Waals surface area contributed by atoms with Gasteiger partial charge >= 0.3 is 0 Å². The highest BCUT2D eigenvalue weighted by Gasteiger charge is 2.23. The van der Waals surface area contributed by atoms with Crippen molar-refractivity contribution < 1.29 is 4.79 Å². The van der Waals surface area contributed by atoms with Crippen molar-refractivity contribution in [2.45, 2.75) is 45.1 Å². The van der Waals surface area contributed by atoms with Gasteiger partial charge in [-0.25, -0.2) is 15.0 Å². The van der Waals surface area contributed by atoms with Crippen LogP contribution in [0.1, 0.15) is 59.3 Å². The molecule has 1 amide bonds. The second-order valence-corrected chi connectivity index (χ2v) is 8.40. The largest absolute Gasteiger partial charge is 0.384 e. The van der Waals surface area contributed by atoms with E-state index >= 15 is 0 Å². The van der Waals surface area contributed by atoms with E-state index in [2.05, 4.69) is 26.8 Å². The number of hydrogen-bond acceptors (Lipinski definition) is 6. The zero-order valence-corrected chi connectivity index (χ0v) is 19.0. The summed E-state index contributed by atoms with van der Waals surface area (Å²) in [6.07, 6.45) is 7.34. The van der Waals surface area contributed by atoms with E-state index in [-0.39, 0.29) is 11.9 Å². The second-order valence-electron chi connectivity index (χ2n) is 8.40. The minimum atomic E-state index is 0.0167. The molecule has 2 aromatic heterocycles. The Hall–Kier alpha value is -3.92. The summed E-state index contributed by atoms with van der Waals surface area (Å²) in [5, 5.41) is 0. The number of hydrogen-bond donors (Lipinski definition) is 2. The van der Waals surface area contributed by atoms with E-state index in [1.165, 1.54) is 19.3 Å². The number of nitrogen functional groups attached to an aromatic ring is 2. The molecular weight excluding hydrogens is 412 g/mol. The van der Waals surface area contributed by atoms with Crippen LogP contribution in [0.15, 0.2) is 42.6 Å². The fraction of sp³-hybridized carbons (Fsp3) is 0.308. The first-order valence-electron chi connectivity index (χ1n) is 11.2. The molecule has 33 heavy (non-hydrogen) atoms. The highest BCUT2D eigenvalue weighted by molar-refractivity contribution is 5.95. The number of carbonyl (C=O) groups is 1. The van der Waals surface area contributed by atoms with Crippen LogP contribution < -0.4 is 11.5 Å². The van der Waals surface area contributed by atoms with Gasteiger partial charge < -0.3 is 16.4 Å². The van der Waals surface area contributed by atoms with Crippen molar-refractivity contribution in [2.75, 3.05) is 18.5 Å². The number of rotatable bonds is 3. The summed E-state index contributed by atoms with van der Waals surface area (Å²) in [6.45, 7) is 1.85. The second kappa shape index (κ2) is 9.70. The zero-order chi connectivity index (χ0) is 23.4. The Kier molecular flexibility index (Phi) is 6.55. The lowest BCUT2D eigenvalue weighted by molar-refractivity contribution is 0.0696. The molecule has 0 bridgehead atoms. The molecule has 1 aliphatic rings. The Morgan fingerprint density at radius 3 is 2.58 bits per heavy atom. The number of benzene rings is 1. The van der Waals surface area contributed by atoms with Crippen LogP contribution in [0.25, 0.3) is 11.3 Å². The smallest absolute Gasteiger partial charge is 0.253 e. The highest BCUT2D eigenvalue weighted by atomic mass is 16.2. The minimum Gasteiger partial charge on any atom is -0.384 e. The maximum Gasteiger partial charge on any atom is 0.253 e. The molecule has 2 heterocycles. The van der Waals surface area contributed by atoms with Crippen molar-refractivity contribution in [1.82, 2.24) is 19.9 Å². The number of nitrogens with zero attached hydrogens (tertiary/aromatic N) is 4. The van der Waals surface area contributed by atoms with Crippen molar-refractivity contribution in [1.29, 1.82) is 0 Å². The topological polar surface area (TPSA) is 111 Å². The number of nitrogens with two attached hydrogens (primary N) is 2. The predicted octanol–water partition coefficient (Wildman–Crippen LogP) is 3.82. The van der Waals surface area contributed by atoms with Gasteiger partial charge in [-0.2, -0.15) is 0 Å². The number of carbonyl (C=O) groups excluding carboxylic acids is 1. The molecule has 0 atom stereocenters. The van der Waals surface area contributed by atoms with Crippen LogP contribution in [0.5, 0.6) is 0 Å². The fourth-order valence-corrected chi connectivity index (χ4v) is 4.20. The number of anilines is 2. The van der Waals surface area contributed by atoms with E-state index in [0.29, 0.717) is 34.4 Å². The van der Waals surface area contributed by atoms with Crippen LogP contribution in [-0.2, 0) is 0 Å². The Morgan fingerprint density at radius 2 is 1.85 bits per heavy atom. The molecule has 0 spiro atoms. The molecule has 4 N–H and O–H groups in total. The van der Waals surface area contributed by atoms with Crippen LogP contribution in [-0.4, -0.2) is 38.8 Å². The Labute approximate surface area is 194 Å². The molecule has 1 aliphatic carbocycles. The van der Waals surface area contributed by atoms with E-state index in [1.807, 2.05) is 49.2 Å². The maximum atomic E-state index is 13.2. The first-order valence-corrected chi connectivity index (χ1v) is 11.2. The lowest BCUT2D eigenvalue weighted by Crippen LogP contribution is -2.38. The summed E-state index contributed by atoms with van der Waals surface area (Å²) in [6, 6.07) is 11.3. The van der Waals surface area contributed by atoms with E-state index in [4.69, 9.17) is 11.5 Å². The van der Waals surface area contributed by atoms with Gasteiger partial charge in [-0.05, 0) is 44.0 Å². The van der Waals surface area contributed by atoms with E-state index in [0.717, 1.165) is 24.0 Å². The lowest BCUT2D eigenvalue weighted by atomic mass is 9.94. The third-order valence-corrected chi connectivity index (χ3v) is 6.05. The number of aryl methyl sites for hydroxylation is 1. The normalized spacial score (nSPS) is 13.8. The van der Waals surface area contributed by atoms with Crippen LogP contribution in [0, 0.1) is 18.8 Å². The third-order valence-electron chi connectivity index (χ3n) is 6.05. The average molecular weight is 441 g/mol. The standard InChI is InChI=1S/C26H28N6O/c1-17-22(13-11-18-12-14-23(27)29-16-18)24(31-26(28)30-17)19-7-6-8-20(15-19)25(33)32(2)21-9-4-3-5-10-21/h6-8,12,14-16,21H,3-5,9-10H2,1-2H3,(H2,27,29)(H2,28,30,31). The molecule has 1 saturated carbocycles. The zero-order valence-electron chi connectivity index (χ0n) is 19.0. The van der Waals surface area contributed by atoms with Crippen molar-refractivity contribution in [2.24, 2.45) is 0 Å². The van der Waals surface area contributed by atoms with Crippen molar-refractivity contribution in [3.63, 3.8) is 0 Å². The first kappa shape index (κ1) is 22.3. The molecule has 0 radical (unpaired) electrons. The summed E-state index contributed by atoms with van der Waals surface area (Å²) < 4.78 is 0. The van der Waals surface area contributed by atoms with Crippen molar-refractivity contribution in [3.05, 3.63) is 65.0 Å². The Morgan fingerprint density at radius 1 is 1.06 bits per heavy atom. The van der Waals surface area contributed by atoms with Gasteiger partial charge in [-0.1, -0.05) is 43.2 Å². The van der Waals surface area contributed by atoms with Crippen molar-refractivity contribution in [3.8, 4) is 23.1 Å². The van der Waals surface area contributed by atoms with Crippen LogP contribution in [0.3, 0.4) is 0 Å². The summed E-state index contributed by atoms with van der Waals surface area (Å²) >= 11 is 0.